The smallest absolute Gasteiger partial charge is 0.164 e. The van der Waals surface area contributed by atoms with Crippen molar-refractivity contribution >= 4 is 49.6 Å². The lowest BCUT2D eigenvalue weighted by Gasteiger charge is -2.16. The summed E-state index contributed by atoms with van der Waals surface area (Å²) >= 11 is 0. The number of fused-ring (bicyclic) bond motifs is 8. The summed E-state index contributed by atoms with van der Waals surface area (Å²) in [6.45, 7) is 0. The average Bonchev–Trinajstić information content (AvgIpc) is 3.47. The Morgan fingerprint density at radius 1 is 0.535 bits per heavy atom. The van der Waals surface area contributed by atoms with Gasteiger partial charge in [-0.1, -0.05) is 109 Å². The van der Waals surface area contributed by atoms with Crippen LogP contribution in [0, 0.1) is 0 Å². The van der Waals surface area contributed by atoms with Gasteiger partial charge in [0.05, 0.1) is 0 Å². The number of hydrogen-bond donors (Lipinski definition) is 0. The van der Waals surface area contributed by atoms with Gasteiger partial charge >= 0.3 is 0 Å². The van der Waals surface area contributed by atoms with E-state index in [1.165, 1.54) is 32.7 Å². The topological polar surface area (TPSA) is 51.8 Å². The van der Waals surface area contributed by atoms with Crippen LogP contribution in [0.15, 0.2) is 126 Å². The summed E-state index contributed by atoms with van der Waals surface area (Å²) in [6.07, 6.45) is 6.74. The Kier molecular flexibility index (Phi) is 5.29. The Labute approximate surface area is 248 Å². The molecule has 6 aromatic carbocycles. The molecule has 2 aromatic heterocycles. The van der Waals surface area contributed by atoms with E-state index in [1.807, 2.05) is 60.7 Å². The third-order valence-corrected chi connectivity index (χ3v) is 8.57. The maximum absolute atomic E-state index is 6.20. The van der Waals surface area contributed by atoms with E-state index < -0.39 is 0 Å². The van der Waals surface area contributed by atoms with Crippen molar-refractivity contribution in [1.82, 2.24) is 15.0 Å². The molecule has 4 heteroatoms. The zero-order valence-corrected chi connectivity index (χ0v) is 23.3. The second-order valence-electron chi connectivity index (χ2n) is 11.1. The van der Waals surface area contributed by atoms with Gasteiger partial charge in [-0.3, -0.25) is 0 Å². The van der Waals surface area contributed by atoms with Crippen molar-refractivity contribution in [1.29, 1.82) is 0 Å². The first kappa shape index (κ1) is 24.0. The molecule has 43 heavy (non-hydrogen) atoms. The molecule has 0 radical (unpaired) electrons. The first-order valence-corrected chi connectivity index (χ1v) is 14.7. The zero-order chi connectivity index (χ0) is 28.3. The highest BCUT2D eigenvalue weighted by Gasteiger charge is 2.18. The highest BCUT2D eigenvalue weighted by molar-refractivity contribution is 6.13. The van der Waals surface area contributed by atoms with Crippen LogP contribution in [0.2, 0.25) is 0 Å². The predicted octanol–water partition coefficient (Wildman–Crippen LogP) is 10.0. The Hall–Kier alpha value is -5.61. The predicted molar refractivity (Wildman–Crippen MR) is 176 cm³/mol. The van der Waals surface area contributed by atoms with Gasteiger partial charge in [-0.2, -0.15) is 0 Å². The highest BCUT2D eigenvalue weighted by atomic mass is 16.3. The Morgan fingerprint density at radius 3 is 2.21 bits per heavy atom. The number of hydrogen-bond acceptors (Lipinski definition) is 4. The van der Waals surface area contributed by atoms with Crippen LogP contribution >= 0.6 is 0 Å². The summed E-state index contributed by atoms with van der Waals surface area (Å²) in [5.74, 6) is 1.91. The molecule has 0 N–H and O–H groups in total. The molecule has 0 spiro atoms. The minimum Gasteiger partial charge on any atom is -0.456 e. The van der Waals surface area contributed by atoms with Gasteiger partial charge in [0.1, 0.15) is 11.2 Å². The van der Waals surface area contributed by atoms with E-state index in [2.05, 4.69) is 66.7 Å². The minimum atomic E-state index is 0.624. The van der Waals surface area contributed by atoms with E-state index in [0.29, 0.717) is 17.5 Å². The first-order chi connectivity index (χ1) is 21.3. The summed E-state index contributed by atoms with van der Waals surface area (Å²) in [7, 11) is 0. The van der Waals surface area contributed by atoms with Gasteiger partial charge in [-0.05, 0) is 63.7 Å². The number of nitrogens with zero attached hydrogens (tertiary/aromatic N) is 3. The molecule has 0 amide bonds. The van der Waals surface area contributed by atoms with Crippen molar-refractivity contribution in [3.05, 3.63) is 132 Å². The lowest BCUT2D eigenvalue weighted by molar-refractivity contribution is 0.669. The molecule has 2 heterocycles. The van der Waals surface area contributed by atoms with Gasteiger partial charge in [0.2, 0.25) is 0 Å². The lowest BCUT2D eigenvalue weighted by atomic mass is 9.89. The molecule has 0 saturated carbocycles. The van der Waals surface area contributed by atoms with Crippen LogP contribution in [0.25, 0.3) is 83.7 Å². The molecule has 0 bridgehead atoms. The maximum atomic E-state index is 6.20. The van der Waals surface area contributed by atoms with Crippen molar-refractivity contribution < 1.29 is 4.42 Å². The van der Waals surface area contributed by atoms with Gasteiger partial charge in [0, 0.05) is 27.5 Å². The summed E-state index contributed by atoms with van der Waals surface area (Å²) in [5.41, 5.74) is 7.23. The molecule has 0 unspecified atom stereocenters. The Morgan fingerprint density at radius 2 is 1.28 bits per heavy atom. The SMILES string of the molecule is C1=Cc2c(ccc3ccc4ccc(-c5nc(-c6ccccc6)nc(-c6cccc7oc8ccccc8c67)n5)cc4c23)CC1. The van der Waals surface area contributed by atoms with E-state index in [-0.39, 0.29) is 0 Å². The van der Waals surface area contributed by atoms with Gasteiger partial charge in [-0.15, -0.1) is 0 Å². The standard InChI is InChI=1S/C39H25N3O/c1-2-10-27(11-3-1)37-40-38(42-39(41-37)31-14-8-16-34-36(31)30-13-6-7-15-33(30)43-34)28-22-19-25-18-21-26-20-17-24-9-4-5-12-29(24)35(26)32(25)23-28/h1-3,5-8,10-23H,4,9H2. The van der Waals surface area contributed by atoms with E-state index in [4.69, 9.17) is 19.4 Å². The van der Waals surface area contributed by atoms with Crippen LogP contribution in [-0.4, -0.2) is 15.0 Å². The lowest BCUT2D eigenvalue weighted by Crippen LogP contribution is -2.00. The number of para-hydroxylation sites is 1. The van der Waals surface area contributed by atoms with Crippen LogP contribution < -0.4 is 0 Å². The second kappa shape index (κ2) is 9.47. The zero-order valence-electron chi connectivity index (χ0n) is 23.3. The monoisotopic (exact) mass is 551 g/mol. The maximum Gasteiger partial charge on any atom is 0.164 e. The van der Waals surface area contributed by atoms with E-state index in [9.17, 15) is 0 Å². The molecule has 9 rings (SSSR count). The number of aromatic nitrogens is 3. The quantitative estimate of drug-likeness (QED) is 0.205. The summed E-state index contributed by atoms with van der Waals surface area (Å²) in [5, 5.41) is 7.01. The summed E-state index contributed by atoms with van der Waals surface area (Å²) in [6, 6.07) is 39.9. The van der Waals surface area contributed by atoms with Crippen molar-refractivity contribution in [3.8, 4) is 34.2 Å². The van der Waals surface area contributed by atoms with Crippen LogP contribution in [0.5, 0.6) is 0 Å². The fourth-order valence-electron chi connectivity index (χ4n) is 6.51. The molecular formula is C39H25N3O. The third kappa shape index (κ3) is 3.87. The van der Waals surface area contributed by atoms with Gasteiger partial charge in [0.15, 0.2) is 17.5 Å². The summed E-state index contributed by atoms with van der Waals surface area (Å²) < 4.78 is 6.20. The number of aryl methyl sites for hydroxylation is 1. The number of furan rings is 1. The molecule has 1 aliphatic rings. The highest BCUT2D eigenvalue weighted by Crippen LogP contribution is 2.38. The van der Waals surface area contributed by atoms with Crippen molar-refractivity contribution in [3.63, 3.8) is 0 Å². The van der Waals surface area contributed by atoms with Gasteiger partial charge in [0.25, 0.3) is 0 Å². The second-order valence-corrected chi connectivity index (χ2v) is 11.1. The normalized spacial score (nSPS) is 12.8. The number of allylic oxidation sites excluding steroid dienone is 1. The molecule has 8 aromatic rings. The van der Waals surface area contributed by atoms with Gasteiger partial charge in [-0.25, -0.2) is 15.0 Å². The summed E-state index contributed by atoms with van der Waals surface area (Å²) in [4.78, 5) is 15.2. The molecule has 4 nitrogen and oxygen atoms in total. The fourth-order valence-corrected chi connectivity index (χ4v) is 6.51. The average molecular weight is 552 g/mol. The Bertz CT molecular complexity index is 2400. The molecular weight excluding hydrogens is 526 g/mol. The molecule has 1 aliphatic carbocycles. The number of benzene rings is 6. The van der Waals surface area contributed by atoms with Crippen molar-refractivity contribution in [2.24, 2.45) is 0 Å². The van der Waals surface area contributed by atoms with E-state index in [1.54, 1.807) is 0 Å². The first-order valence-electron chi connectivity index (χ1n) is 14.7. The van der Waals surface area contributed by atoms with E-state index in [0.717, 1.165) is 51.5 Å². The van der Waals surface area contributed by atoms with Crippen LogP contribution in [-0.2, 0) is 6.42 Å². The van der Waals surface area contributed by atoms with Crippen molar-refractivity contribution in [2.75, 3.05) is 0 Å². The Balaban J connectivity index is 1.32. The molecule has 0 aliphatic heterocycles. The molecule has 202 valence electrons. The van der Waals surface area contributed by atoms with Crippen molar-refractivity contribution in [2.45, 2.75) is 12.8 Å². The largest absolute Gasteiger partial charge is 0.456 e. The molecule has 0 saturated heterocycles. The number of rotatable bonds is 3. The minimum absolute atomic E-state index is 0.624. The van der Waals surface area contributed by atoms with Crippen LogP contribution in [0.3, 0.4) is 0 Å². The molecule has 0 atom stereocenters. The van der Waals surface area contributed by atoms with E-state index >= 15 is 0 Å². The van der Waals surface area contributed by atoms with Crippen LogP contribution in [0.1, 0.15) is 17.5 Å². The van der Waals surface area contributed by atoms with Gasteiger partial charge < -0.3 is 4.42 Å². The fraction of sp³-hybridized carbons (Fsp3) is 0.0513. The molecule has 0 fully saturated rings. The van der Waals surface area contributed by atoms with Crippen LogP contribution in [0.4, 0.5) is 0 Å². The third-order valence-electron chi connectivity index (χ3n) is 8.57.